The number of nitrogens with one attached hydrogen (secondary N) is 1. The van der Waals surface area contributed by atoms with Crippen LogP contribution < -0.4 is 5.32 Å². The van der Waals surface area contributed by atoms with Gasteiger partial charge in [0.25, 0.3) is 0 Å². The van der Waals surface area contributed by atoms with Crippen LogP contribution in [0.15, 0.2) is 36.5 Å². The van der Waals surface area contributed by atoms with Gasteiger partial charge in [-0.2, -0.15) is 0 Å². The van der Waals surface area contributed by atoms with Gasteiger partial charge < -0.3 is 9.88 Å². The summed E-state index contributed by atoms with van der Waals surface area (Å²) in [6.45, 7) is 2.16. The largest absolute Gasteiger partial charge is 0.346 e. The summed E-state index contributed by atoms with van der Waals surface area (Å²) in [5.41, 5.74) is 1.34. The Kier molecular flexibility index (Phi) is 2.22. The number of nitrogens with zero attached hydrogens (tertiary/aromatic N) is 1. The second-order valence-electron chi connectivity index (χ2n) is 4.30. The molecule has 0 unspecified atom stereocenters. The fraction of sp³-hybridized carbons (Fsp3) is 0.385. The number of rotatable bonds is 4. The third-order valence-corrected chi connectivity index (χ3v) is 3.04. The zero-order chi connectivity index (χ0) is 10.1. The lowest BCUT2D eigenvalue weighted by Gasteiger charge is -2.06. The third-order valence-electron chi connectivity index (χ3n) is 3.04. The molecule has 1 aromatic heterocycles. The lowest BCUT2D eigenvalue weighted by molar-refractivity contribution is 0.606. The Labute approximate surface area is 89.9 Å². The molecule has 2 aromatic rings. The zero-order valence-electron chi connectivity index (χ0n) is 8.82. The zero-order valence-corrected chi connectivity index (χ0v) is 8.82. The number of aromatic nitrogens is 1. The molecule has 1 heterocycles. The van der Waals surface area contributed by atoms with E-state index in [0.717, 1.165) is 19.1 Å². The van der Waals surface area contributed by atoms with Crippen molar-refractivity contribution in [2.24, 2.45) is 0 Å². The van der Waals surface area contributed by atoms with Crippen LogP contribution >= 0.6 is 0 Å². The predicted octanol–water partition coefficient (Wildman–Crippen LogP) is 2.39. The van der Waals surface area contributed by atoms with Crippen molar-refractivity contribution in [3.05, 3.63) is 36.5 Å². The smallest absolute Gasteiger partial charge is 0.0480 e. The lowest BCUT2D eigenvalue weighted by atomic mass is 10.2. The summed E-state index contributed by atoms with van der Waals surface area (Å²) in [6.07, 6.45) is 4.91. The molecule has 1 fully saturated rings. The molecular formula is C13H16N2. The molecule has 1 N–H and O–H groups in total. The van der Waals surface area contributed by atoms with Crippen LogP contribution in [-0.2, 0) is 6.54 Å². The first kappa shape index (κ1) is 8.98. The van der Waals surface area contributed by atoms with Gasteiger partial charge in [0.2, 0.25) is 0 Å². The van der Waals surface area contributed by atoms with Crippen molar-refractivity contribution in [3.63, 3.8) is 0 Å². The van der Waals surface area contributed by atoms with Crippen LogP contribution in [-0.4, -0.2) is 17.2 Å². The number of hydrogen-bond acceptors (Lipinski definition) is 1. The molecule has 3 rings (SSSR count). The van der Waals surface area contributed by atoms with Gasteiger partial charge in [-0.3, -0.25) is 0 Å². The summed E-state index contributed by atoms with van der Waals surface area (Å²) in [5.74, 6) is 0. The molecule has 1 aliphatic carbocycles. The van der Waals surface area contributed by atoms with Crippen LogP contribution in [0.2, 0.25) is 0 Å². The highest BCUT2D eigenvalue weighted by molar-refractivity contribution is 5.79. The van der Waals surface area contributed by atoms with E-state index in [9.17, 15) is 0 Å². The Bertz CT molecular complexity index is 454. The molecular weight excluding hydrogens is 184 g/mol. The molecule has 2 heteroatoms. The summed E-state index contributed by atoms with van der Waals surface area (Å²) in [7, 11) is 0. The van der Waals surface area contributed by atoms with Gasteiger partial charge in [0.05, 0.1) is 0 Å². The number of benzene rings is 1. The van der Waals surface area contributed by atoms with Crippen LogP contribution in [0.1, 0.15) is 12.8 Å². The second kappa shape index (κ2) is 3.70. The highest BCUT2D eigenvalue weighted by atomic mass is 15.0. The molecule has 2 nitrogen and oxygen atoms in total. The fourth-order valence-corrected chi connectivity index (χ4v) is 2.01. The van der Waals surface area contributed by atoms with E-state index in [4.69, 9.17) is 0 Å². The quantitative estimate of drug-likeness (QED) is 0.802. The highest BCUT2D eigenvalue weighted by Crippen LogP contribution is 2.18. The number of para-hydroxylation sites is 1. The second-order valence-corrected chi connectivity index (χ2v) is 4.30. The molecule has 0 spiro atoms. The summed E-state index contributed by atoms with van der Waals surface area (Å²) < 4.78 is 2.32. The lowest BCUT2D eigenvalue weighted by Crippen LogP contribution is -2.21. The molecule has 0 saturated heterocycles. The first-order valence-corrected chi connectivity index (χ1v) is 5.71. The fourth-order valence-electron chi connectivity index (χ4n) is 2.01. The minimum absolute atomic E-state index is 0.812. The molecule has 1 aromatic carbocycles. The Morgan fingerprint density at radius 1 is 1.20 bits per heavy atom. The van der Waals surface area contributed by atoms with Crippen LogP contribution in [0.4, 0.5) is 0 Å². The van der Waals surface area contributed by atoms with Crippen molar-refractivity contribution < 1.29 is 0 Å². The predicted molar refractivity (Wildman–Crippen MR) is 63.0 cm³/mol. The standard InChI is InChI=1S/C13H16N2/c1-2-4-13-11(3-1)7-9-15(13)10-8-14-12-5-6-12/h1-4,7,9,12,14H,5-6,8,10H2. The third kappa shape index (κ3) is 1.90. The van der Waals surface area contributed by atoms with Crippen molar-refractivity contribution in [2.75, 3.05) is 6.54 Å². The van der Waals surface area contributed by atoms with Gasteiger partial charge in [-0.05, 0) is 30.4 Å². The Morgan fingerprint density at radius 3 is 2.93 bits per heavy atom. The van der Waals surface area contributed by atoms with Crippen molar-refractivity contribution in [1.82, 2.24) is 9.88 Å². The first-order chi connectivity index (χ1) is 7.43. The number of hydrogen-bond donors (Lipinski definition) is 1. The SMILES string of the molecule is c1ccc2c(c1)ccn2CCNC1CC1. The van der Waals surface area contributed by atoms with Gasteiger partial charge in [-0.15, -0.1) is 0 Å². The molecule has 0 aliphatic heterocycles. The van der Waals surface area contributed by atoms with Gasteiger partial charge in [0, 0.05) is 30.8 Å². The van der Waals surface area contributed by atoms with Gasteiger partial charge in [-0.25, -0.2) is 0 Å². The van der Waals surface area contributed by atoms with Crippen molar-refractivity contribution in [3.8, 4) is 0 Å². The van der Waals surface area contributed by atoms with E-state index in [2.05, 4.69) is 46.4 Å². The van der Waals surface area contributed by atoms with Crippen LogP contribution in [0, 0.1) is 0 Å². The maximum Gasteiger partial charge on any atom is 0.0480 e. The number of fused-ring (bicyclic) bond motifs is 1. The van der Waals surface area contributed by atoms with Gasteiger partial charge in [-0.1, -0.05) is 18.2 Å². The van der Waals surface area contributed by atoms with Crippen molar-refractivity contribution in [1.29, 1.82) is 0 Å². The molecule has 78 valence electrons. The van der Waals surface area contributed by atoms with E-state index in [-0.39, 0.29) is 0 Å². The summed E-state index contributed by atoms with van der Waals surface area (Å²) >= 11 is 0. The van der Waals surface area contributed by atoms with E-state index in [0.29, 0.717) is 0 Å². The molecule has 0 amide bonds. The van der Waals surface area contributed by atoms with Gasteiger partial charge >= 0.3 is 0 Å². The maximum atomic E-state index is 3.54. The monoisotopic (exact) mass is 200 g/mol. The Morgan fingerprint density at radius 2 is 2.07 bits per heavy atom. The minimum Gasteiger partial charge on any atom is -0.346 e. The molecule has 1 saturated carbocycles. The van der Waals surface area contributed by atoms with Crippen LogP contribution in [0.25, 0.3) is 10.9 Å². The van der Waals surface area contributed by atoms with E-state index in [1.165, 1.54) is 23.7 Å². The molecule has 15 heavy (non-hydrogen) atoms. The normalized spacial score (nSPS) is 16.0. The average molecular weight is 200 g/mol. The highest BCUT2D eigenvalue weighted by Gasteiger charge is 2.19. The topological polar surface area (TPSA) is 17.0 Å². The van der Waals surface area contributed by atoms with Gasteiger partial charge in [0.1, 0.15) is 0 Å². The van der Waals surface area contributed by atoms with E-state index < -0.39 is 0 Å². The summed E-state index contributed by atoms with van der Waals surface area (Å²) in [6, 6.07) is 11.5. The Hall–Kier alpha value is -1.28. The molecule has 0 bridgehead atoms. The molecule has 1 aliphatic rings. The first-order valence-electron chi connectivity index (χ1n) is 5.71. The average Bonchev–Trinajstić information content (AvgIpc) is 3.00. The maximum absolute atomic E-state index is 3.54. The van der Waals surface area contributed by atoms with Gasteiger partial charge in [0.15, 0.2) is 0 Å². The van der Waals surface area contributed by atoms with Crippen LogP contribution in [0.5, 0.6) is 0 Å². The summed E-state index contributed by atoms with van der Waals surface area (Å²) in [4.78, 5) is 0. The van der Waals surface area contributed by atoms with E-state index in [1.807, 2.05) is 0 Å². The summed E-state index contributed by atoms with van der Waals surface area (Å²) in [5, 5.41) is 4.88. The Balaban J connectivity index is 1.72. The van der Waals surface area contributed by atoms with E-state index in [1.54, 1.807) is 0 Å². The van der Waals surface area contributed by atoms with Crippen molar-refractivity contribution in [2.45, 2.75) is 25.4 Å². The van der Waals surface area contributed by atoms with Crippen molar-refractivity contribution >= 4 is 10.9 Å². The van der Waals surface area contributed by atoms with E-state index >= 15 is 0 Å². The van der Waals surface area contributed by atoms with Crippen LogP contribution in [0.3, 0.4) is 0 Å². The minimum atomic E-state index is 0.812. The molecule has 0 atom stereocenters. The molecule has 0 radical (unpaired) electrons.